The molecule has 0 unspecified atom stereocenters. The highest BCUT2D eigenvalue weighted by Crippen LogP contribution is 2.42. The first-order valence-electron chi connectivity index (χ1n) is 10.4. The molecule has 6 nitrogen and oxygen atoms in total. The molecular weight excluding hydrogens is 420 g/mol. The summed E-state index contributed by atoms with van der Waals surface area (Å²) in [5.41, 5.74) is 2.18. The van der Waals surface area contributed by atoms with Crippen LogP contribution in [0.4, 0.5) is 0 Å². The van der Waals surface area contributed by atoms with Crippen LogP contribution in [0.2, 0.25) is 0 Å². The predicted molar refractivity (Wildman–Crippen MR) is 126 cm³/mol. The summed E-state index contributed by atoms with van der Waals surface area (Å²) >= 11 is 0. The van der Waals surface area contributed by atoms with E-state index in [0.29, 0.717) is 57.5 Å². The molecular formula is C27H28O6. The van der Waals surface area contributed by atoms with Crippen molar-refractivity contribution in [2.75, 3.05) is 13.2 Å². The number of Topliss-reactive ketones (excluding diaryl/α,β-unsaturated/α-hetero) is 2. The summed E-state index contributed by atoms with van der Waals surface area (Å²) in [6.45, 7) is 14.1. The maximum Gasteiger partial charge on any atom is 0.188 e. The SMILES string of the molecule is C=C(C)C(=O)c1ccc(C(C)(C)c2ccc(C(=O)C(=C)C)cc2OCC=O)c(OCC=O)c1. The van der Waals surface area contributed by atoms with E-state index in [2.05, 4.69) is 13.2 Å². The molecule has 0 N–H and O–H groups in total. The van der Waals surface area contributed by atoms with Crippen LogP contribution in [0, 0.1) is 0 Å². The van der Waals surface area contributed by atoms with Gasteiger partial charge in [0, 0.05) is 27.7 Å². The second kappa shape index (κ2) is 10.7. The lowest BCUT2D eigenvalue weighted by Crippen LogP contribution is -2.23. The summed E-state index contributed by atoms with van der Waals surface area (Å²) in [6, 6.07) is 10.0. The van der Waals surface area contributed by atoms with Gasteiger partial charge in [-0.05, 0) is 37.1 Å². The van der Waals surface area contributed by atoms with E-state index in [4.69, 9.17) is 9.47 Å². The predicted octanol–water partition coefficient (Wildman–Crippen LogP) is 4.69. The van der Waals surface area contributed by atoms with Gasteiger partial charge in [-0.1, -0.05) is 51.3 Å². The van der Waals surface area contributed by atoms with Crippen LogP contribution in [-0.2, 0) is 15.0 Å². The number of aldehydes is 2. The molecule has 0 amide bonds. The van der Waals surface area contributed by atoms with Crippen molar-refractivity contribution >= 4 is 24.1 Å². The fourth-order valence-corrected chi connectivity index (χ4v) is 3.48. The van der Waals surface area contributed by atoms with E-state index in [9.17, 15) is 19.2 Å². The van der Waals surface area contributed by atoms with Crippen molar-refractivity contribution in [3.05, 3.63) is 83.0 Å². The normalized spacial score (nSPS) is 10.8. The molecule has 172 valence electrons. The lowest BCUT2D eigenvalue weighted by Gasteiger charge is -2.30. The Hall–Kier alpha value is -3.80. The van der Waals surface area contributed by atoms with Crippen LogP contribution in [0.1, 0.15) is 59.5 Å². The number of rotatable bonds is 12. The first kappa shape index (κ1) is 25.5. The number of hydrogen-bond donors (Lipinski definition) is 0. The van der Waals surface area contributed by atoms with Gasteiger partial charge in [-0.3, -0.25) is 19.2 Å². The van der Waals surface area contributed by atoms with Crippen molar-refractivity contribution < 1.29 is 28.7 Å². The molecule has 0 aliphatic rings. The summed E-state index contributed by atoms with van der Waals surface area (Å²) in [6.07, 6.45) is 1.25. The zero-order valence-corrected chi connectivity index (χ0v) is 19.4. The lowest BCUT2D eigenvalue weighted by atomic mass is 9.76. The molecule has 2 rings (SSSR count). The largest absolute Gasteiger partial charge is 0.486 e. The van der Waals surface area contributed by atoms with Gasteiger partial charge in [0.2, 0.25) is 0 Å². The van der Waals surface area contributed by atoms with Gasteiger partial charge >= 0.3 is 0 Å². The van der Waals surface area contributed by atoms with Crippen molar-refractivity contribution in [2.45, 2.75) is 33.1 Å². The maximum absolute atomic E-state index is 12.4. The van der Waals surface area contributed by atoms with E-state index in [1.165, 1.54) is 0 Å². The molecule has 0 bridgehead atoms. The van der Waals surface area contributed by atoms with Crippen LogP contribution in [0.3, 0.4) is 0 Å². The van der Waals surface area contributed by atoms with Crippen molar-refractivity contribution in [2.24, 2.45) is 0 Å². The Kier molecular flexibility index (Phi) is 8.24. The number of benzene rings is 2. The van der Waals surface area contributed by atoms with Gasteiger partial charge in [0.15, 0.2) is 24.1 Å². The Balaban J connectivity index is 2.67. The summed E-state index contributed by atoms with van der Waals surface area (Å²) in [4.78, 5) is 46.8. The molecule has 0 aliphatic carbocycles. The molecule has 2 aromatic carbocycles. The Morgan fingerprint density at radius 2 is 1.15 bits per heavy atom. The third-order valence-electron chi connectivity index (χ3n) is 5.22. The molecule has 0 aliphatic heterocycles. The second-order valence-electron chi connectivity index (χ2n) is 8.22. The van der Waals surface area contributed by atoms with Crippen LogP contribution in [0.15, 0.2) is 60.7 Å². The number of ether oxygens (including phenoxy) is 2. The maximum atomic E-state index is 12.4. The molecule has 0 spiro atoms. The minimum absolute atomic E-state index is 0.186. The van der Waals surface area contributed by atoms with E-state index >= 15 is 0 Å². The Bertz CT molecular complexity index is 1040. The van der Waals surface area contributed by atoms with Crippen molar-refractivity contribution in [3.8, 4) is 11.5 Å². The number of hydrogen-bond acceptors (Lipinski definition) is 6. The topological polar surface area (TPSA) is 86.7 Å². The first-order chi connectivity index (χ1) is 15.5. The molecule has 0 aromatic heterocycles. The van der Waals surface area contributed by atoms with E-state index in [1.807, 2.05) is 13.8 Å². The zero-order valence-electron chi connectivity index (χ0n) is 19.4. The lowest BCUT2D eigenvalue weighted by molar-refractivity contribution is -0.110. The summed E-state index contributed by atoms with van der Waals surface area (Å²) in [5.74, 6) is 0.270. The van der Waals surface area contributed by atoms with Crippen LogP contribution in [0.5, 0.6) is 11.5 Å². The van der Waals surface area contributed by atoms with Gasteiger partial charge in [0.05, 0.1) is 0 Å². The quantitative estimate of drug-likeness (QED) is 0.266. The molecule has 0 radical (unpaired) electrons. The second-order valence-corrected chi connectivity index (χ2v) is 8.22. The van der Waals surface area contributed by atoms with Crippen LogP contribution in [0.25, 0.3) is 0 Å². The van der Waals surface area contributed by atoms with E-state index < -0.39 is 5.41 Å². The van der Waals surface area contributed by atoms with E-state index in [0.717, 1.165) is 0 Å². The molecule has 33 heavy (non-hydrogen) atoms. The third kappa shape index (κ3) is 5.71. The minimum Gasteiger partial charge on any atom is -0.486 e. The highest BCUT2D eigenvalue weighted by atomic mass is 16.5. The van der Waals surface area contributed by atoms with Gasteiger partial charge in [-0.25, -0.2) is 0 Å². The molecule has 0 saturated heterocycles. The van der Waals surface area contributed by atoms with Gasteiger partial charge in [0.25, 0.3) is 0 Å². The molecule has 0 heterocycles. The molecule has 0 fully saturated rings. The molecule has 2 aromatic rings. The average molecular weight is 449 g/mol. The Labute approximate surface area is 193 Å². The first-order valence-corrected chi connectivity index (χ1v) is 10.4. The number of carbonyl (C=O) groups excluding carboxylic acids is 4. The Morgan fingerprint density at radius 3 is 1.45 bits per heavy atom. The zero-order chi connectivity index (χ0) is 24.8. The number of allylic oxidation sites excluding steroid dienone is 2. The van der Waals surface area contributed by atoms with E-state index in [-0.39, 0.29) is 24.8 Å². The summed E-state index contributed by atoms with van der Waals surface area (Å²) < 4.78 is 11.3. The fourth-order valence-electron chi connectivity index (χ4n) is 3.48. The fraction of sp³-hybridized carbons (Fsp3) is 0.259. The highest BCUT2D eigenvalue weighted by molar-refractivity contribution is 6.08. The summed E-state index contributed by atoms with van der Waals surface area (Å²) in [5, 5.41) is 0. The van der Waals surface area contributed by atoms with Gasteiger partial charge in [0.1, 0.15) is 24.7 Å². The summed E-state index contributed by atoms with van der Waals surface area (Å²) in [7, 11) is 0. The smallest absolute Gasteiger partial charge is 0.188 e. The number of carbonyl (C=O) groups is 4. The molecule has 0 saturated carbocycles. The third-order valence-corrected chi connectivity index (χ3v) is 5.22. The van der Waals surface area contributed by atoms with Crippen LogP contribution < -0.4 is 9.47 Å². The van der Waals surface area contributed by atoms with Crippen molar-refractivity contribution in [3.63, 3.8) is 0 Å². The number of ketones is 2. The monoisotopic (exact) mass is 448 g/mol. The van der Waals surface area contributed by atoms with Crippen LogP contribution in [-0.4, -0.2) is 37.4 Å². The average Bonchev–Trinajstić information content (AvgIpc) is 2.79. The highest BCUT2D eigenvalue weighted by Gasteiger charge is 2.31. The Morgan fingerprint density at radius 1 is 0.788 bits per heavy atom. The van der Waals surface area contributed by atoms with Crippen molar-refractivity contribution in [1.82, 2.24) is 0 Å². The molecule has 6 heteroatoms. The van der Waals surface area contributed by atoms with Gasteiger partial charge < -0.3 is 9.47 Å². The van der Waals surface area contributed by atoms with Gasteiger partial charge in [-0.15, -0.1) is 0 Å². The van der Waals surface area contributed by atoms with Gasteiger partial charge in [-0.2, -0.15) is 0 Å². The van der Waals surface area contributed by atoms with Crippen LogP contribution >= 0.6 is 0 Å². The van der Waals surface area contributed by atoms with E-state index in [1.54, 1.807) is 50.2 Å². The minimum atomic E-state index is -0.744. The molecule has 0 atom stereocenters. The standard InChI is InChI=1S/C27H28O6/c1-17(2)25(30)19-7-9-21(23(15-19)32-13-11-28)27(5,6)22-10-8-20(26(31)18(3)4)16-24(22)33-14-12-29/h7-12,15-16H,1,3,13-14H2,2,4-6H3. The van der Waals surface area contributed by atoms with Crippen molar-refractivity contribution in [1.29, 1.82) is 0 Å².